The number of aldehydes is 1. The molecule has 0 fully saturated rings. The Balaban J connectivity index is 2.78. The summed E-state index contributed by atoms with van der Waals surface area (Å²) in [6, 6.07) is 7.79. The van der Waals surface area contributed by atoms with Gasteiger partial charge in [0.05, 0.1) is 5.56 Å². The molecule has 0 aliphatic carbocycles. The number of benzene rings is 1. The molecule has 0 saturated heterocycles. The first-order valence-corrected chi connectivity index (χ1v) is 5.39. The van der Waals surface area contributed by atoms with Gasteiger partial charge in [-0.3, -0.25) is 4.79 Å². The van der Waals surface area contributed by atoms with Crippen LogP contribution in [0.4, 0.5) is 0 Å². The van der Waals surface area contributed by atoms with E-state index in [4.69, 9.17) is 11.6 Å². The fourth-order valence-electron chi connectivity index (χ4n) is 1.85. The predicted molar refractivity (Wildman–Crippen MR) is 62.6 cm³/mol. The van der Waals surface area contributed by atoms with E-state index in [1.807, 2.05) is 28.8 Å². The van der Waals surface area contributed by atoms with Crippen molar-refractivity contribution in [2.24, 2.45) is 0 Å². The number of halogens is 1. The molecule has 1 heterocycles. The highest BCUT2D eigenvalue weighted by molar-refractivity contribution is 6.34. The number of hydrogen-bond acceptors (Lipinski definition) is 1. The van der Waals surface area contributed by atoms with Crippen LogP contribution in [0.1, 0.15) is 23.7 Å². The lowest BCUT2D eigenvalue weighted by molar-refractivity contribution is 0.112. The Morgan fingerprint density at radius 3 is 2.80 bits per heavy atom. The second-order valence-electron chi connectivity index (χ2n) is 3.49. The minimum Gasteiger partial charge on any atom is -0.331 e. The van der Waals surface area contributed by atoms with Crippen LogP contribution in [0.3, 0.4) is 0 Å². The second-order valence-corrected chi connectivity index (χ2v) is 3.85. The first-order chi connectivity index (χ1) is 7.29. The van der Waals surface area contributed by atoms with Crippen molar-refractivity contribution >= 4 is 28.8 Å². The zero-order chi connectivity index (χ0) is 10.8. The first kappa shape index (κ1) is 10.2. The molecule has 3 heteroatoms. The predicted octanol–water partition coefficient (Wildman–Crippen LogP) is 3.52. The number of para-hydroxylation sites is 1. The number of carbonyl (C=O) groups is 1. The molecule has 1 aromatic heterocycles. The van der Waals surface area contributed by atoms with Gasteiger partial charge in [-0.1, -0.05) is 36.7 Å². The maximum Gasteiger partial charge on any atom is 0.153 e. The standard InChI is InChI=1S/C12H12ClNO/c1-2-7-14-11-6-4-3-5-9(11)10(8-15)12(14)13/h3-6,8H,2,7H2,1H3. The Hall–Kier alpha value is -1.28. The summed E-state index contributed by atoms with van der Waals surface area (Å²) in [6.07, 6.45) is 1.83. The first-order valence-electron chi connectivity index (χ1n) is 5.01. The van der Waals surface area contributed by atoms with E-state index in [2.05, 4.69) is 6.92 Å². The number of aromatic nitrogens is 1. The summed E-state index contributed by atoms with van der Waals surface area (Å²) in [4.78, 5) is 11.0. The quantitative estimate of drug-likeness (QED) is 0.727. The van der Waals surface area contributed by atoms with E-state index in [1.54, 1.807) is 0 Å². The lowest BCUT2D eigenvalue weighted by Gasteiger charge is -2.03. The molecule has 0 bridgehead atoms. The maximum atomic E-state index is 11.0. The van der Waals surface area contributed by atoms with Crippen LogP contribution >= 0.6 is 11.6 Å². The van der Waals surface area contributed by atoms with Crippen LogP contribution in [0.2, 0.25) is 5.15 Å². The molecule has 0 N–H and O–H groups in total. The zero-order valence-corrected chi connectivity index (χ0v) is 9.29. The average Bonchev–Trinajstić information content (AvgIpc) is 2.53. The number of hydrogen-bond donors (Lipinski definition) is 0. The van der Waals surface area contributed by atoms with Gasteiger partial charge in [-0.2, -0.15) is 0 Å². The van der Waals surface area contributed by atoms with Crippen LogP contribution in [0.25, 0.3) is 10.9 Å². The second kappa shape index (κ2) is 4.07. The van der Waals surface area contributed by atoms with E-state index in [0.717, 1.165) is 30.2 Å². The minimum absolute atomic E-state index is 0.549. The van der Waals surface area contributed by atoms with Crippen LogP contribution in [-0.4, -0.2) is 10.9 Å². The molecule has 0 saturated carbocycles. The van der Waals surface area contributed by atoms with Crippen LogP contribution in [0, 0.1) is 0 Å². The van der Waals surface area contributed by atoms with E-state index in [-0.39, 0.29) is 0 Å². The highest BCUT2D eigenvalue weighted by atomic mass is 35.5. The Labute approximate surface area is 93.5 Å². The summed E-state index contributed by atoms with van der Waals surface area (Å²) in [6.45, 7) is 2.93. The van der Waals surface area contributed by atoms with Crippen LogP contribution in [0.5, 0.6) is 0 Å². The topological polar surface area (TPSA) is 22.0 Å². The third-order valence-corrected chi connectivity index (χ3v) is 2.92. The van der Waals surface area contributed by atoms with Gasteiger partial charge < -0.3 is 4.57 Å². The van der Waals surface area contributed by atoms with Crippen molar-refractivity contribution in [2.45, 2.75) is 19.9 Å². The van der Waals surface area contributed by atoms with E-state index in [9.17, 15) is 4.79 Å². The fraction of sp³-hybridized carbons (Fsp3) is 0.250. The number of rotatable bonds is 3. The summed E-state index contributed by atoms with van der Waals surface area (Å²) in [7, 11) is 0. The fourth-order valence-corrected chi connectivity index (χ4v) is 2.18. The van der Waals surface area contributed by atoms with Crippen LogP contribution in [0.15, 0.2) is 24.3 Å². The number of fused-ring (bicyclic) bond motifs is 1. The lowest BCUT2D eigenvalue weighted by atomic mass is 10.2. The monoisotopic (exact) mass is 221 g/mol. The maximum absolute atomic E-state index is 11.0. The largest absolute Gasteiger partial charge is 0.331 e. The van der Waals surface area contributed by atoms with Gasteiger partial charge in [0.1, 0.15) is 5.15 Å². The van der Waals surface area contributed by atoms with E-state index in [1.165, 1.54) is 0 Å². The highest BCUT2D eigenvalue weighted by Crippen LogP contribution is 2.28. The van der Waals surface area contributed by atoms with Gasteiger partial charge in [-0.25, -0.2) is 0 Å². The van der Waals surface area contributed by atoms with Gasteiger partial charge in [-0.05, 0) is 12.5 Å². The van der Waals surface area contributed by atoms with Crippen molar-refractivity contribution < 1.29 is 4.79 Å². The molecule has 78 valence electrons. The molecular weight excluding hydrogens is 210 g/mol. The van der Waals surface area contributed by atoms with Gasteiger partial charge in [0, 0.05) is 17.4 Å². The van der Waals surface area contributed by atoms with Crippen molar-refractivity contribution in [3.8, 4) is 0 Å². The zero-order valence-electron chi connectivity index (χ0n) is 8.53. The summed E-state index contributed by atoms with van der Waals surface area (Å²) in [5, 5.41) is 1.49. The number of aryl methyl sites for hydroxylation is 1. The van der Waals surface area contributed by atoms with E-state index >= 15 is 0 Å². The molecule has 0 atom stereocenters. The van der Waals surface area contributed by atoms with E-state index < -0.39 is 0 Å². The summed E-state index contributed by atoms with van der Waals surface area (Å²) in [5.74, 6) is 0. The SMILES string of the molecule is CCCn1c(Cl)c(C=O)c2ccccc21. The van der Waals surface area contributed by atoms with Gasteiger partial charge in [0.15, 0.2) is 6.29 Å². The smallest absolute Gasteiger partial charge is 0.153 e. The molecular formula is C12H12ClNO. The summed E-state index contributed by atoms with van der Waals surface area (Å²) < 4.78 is 1.99. The molecule has 0 radical (unpaired) electrons. The highest BCUT2D eigenvalue weighted by Gasteiger charge is 2.13. The summed E-state index contributed by atoms with van der Waals surface area (Å²) in [5.41, 5.74) is 1.63. The lowest BCUT2D eigenvalue weighted by Crippen LogP contribution is -1.96. The van der Waals surface area contributed by atoms with Gasteiger partial charge >= 0.3 is 0 Å². The molecule has 0 spiro atoms. The molecule has 1 aromatic carbocycles. The van der Waals surface area contributed by atoms with Gasteiger partial charge in [-0.15, -0.1) is 0 Å². The van der Waals surface area contributed by atoms with Crippen LogP contribution < -0.4 is 0 Å². The molecule has 0 aliphatic heterocycles. The van der Waals surface area contributed by atoms with Crippen molar-refractivity contribution in [2.75, 3.05) is 0 Å². The van der Waals surface area contributed by atoms with Gasteiger partial charge in [0.2, 0.25) is 0 Å². The van der Waals surface area contributed by atoms with Crippen molar-refractivity contribution in [3.63, 3.8) is 0 Å². The minimum atomic E-state index is 0.549. The Kier molecular flexibility index (Phi) is 2.78. The third-order valence-electron chi connectivity index (χ3n) is 2.51. The molecule has 15 heavy (non-hydrogen) atoms. The Morgan fingerprint density at radius 1 is 1.40 bits per heavy atom. The summed E-state index contributed by atoms with van der Waals surface area (Å²) >= 11 is 6.16. The number of nitrogens with zero attached hydrogens (tertiary/aromatic N) is 1. The third kappa shape index (κ3) is 1.55. The Bertz CT molecular complexity index is 502. The molecule has 2 nitrogen and oxygen atoms in total. The molecule has 0 unspecified atom stereocenters. The normalized spacial score (nSPS) is 10.8. The van der Waals surface area contributed by atoms with Crippen LogP contribution in [-0.2, 0) is 6.54 Å². The molecule has 2 aromatic rings. The van der Waals surface area contributed by atoms with Crippen molar-refractivity contribution in [3.05, 3.63) is 35.0 Å². The average molecular weight is 222 g/mol. The van der Waals surface area contributed by atoms with Crippen molar-refractivity contribution in [1.82, 2.24) is 4.57 Å². The van der Waals surface area contributed by atoms with Gasteiger partial charge in [0.25, 0.3) is 0 Å². The van der Waals surface area contributed by atoms with E-state index in [0.29, 0.717) is 10.7 Å². The van der Waals surface area contributed by atoms with Crippen molar-refractivity contribution in [1.29, 1.82) is 0 Å². The number of carbonyl (C=O) groups excluding carboxylic acids is 1. The molecule has 2 rings (SSSR count). The molecule has 0 aliphatic rings. The molecule has 0 amide bonds. The Morgan fingerprint density at radius 2 is 2.13 bits per heavy atom.